The number of amides is 1. The predicted molar refractivity (Wildman–Crippen MR) is 118 cm³/mol. The van der Waals surface area contributed by atoms with Gasteiger partial charge in [0.1, 0.15) is 22.9 Å². The van der Waals surface area contributed by atoms with Crippen LogP contribution >= 0.6 is 0 Å². The zero-order valence-electron chi connectivity index (χ0n) is 18.4. The van der Waals surface area contributed by atoms with Crippen molar-refractivity contribution in [3.05, 3.63) is 53.5 Å². The Bertz CT molecular complexity index is 865. The molecule has 2 aliphatic rings. The third kappa shape index (κ3) is 4.89. The Hall–Kier alpha value is -2.27. The van der Waals surface area contributed by atoms with Gasteiger partial charge in [0.15, 0.2) is 0 Å². The number of nitrogens with zero attached hydrogens (tertiary/aromatic N) is 1. The lowest BCUT2D eigenvalue weighted by molar-refractivity contribution is -0.122. The highest BCUT2D eigenvalue weighted by Gasteiger charge is 2.43. The van der Waals surface area contributed by atoms with E-state index in [1.54, 1.807) is 0 Å². The molecule has 0 bridgehead atoms. The predicted octanol–water partition coefficient (Wildman–Crippen LogP) is 4.65. The molecule has 0 saturated carbocycles. The molecule has 3 heterocycles. The molecule has 2 aromatic rings. The summed E-state index contributed by atoms with van der Waals surface area (Å²) in [7, 11) is 0. The first-order valence-corrected chi connectivity index (χ1v) is 11.2. The van der Waals surface area contributed by atoms with Crippen molar-refractivity contribution in [2.45, 2.75) is 64.5 Å². The SMILES string of the molecule is Cc1ccc(CN2CCC3(CC2)CC(CC(=O)NCC(C)C)c2ccccc2O3)o1. The number of hydrogen-bond donors (Lipinski definition) is 1. The third-order valence-corrected chi connectivity index (χ3v) is 6.39. The van der Waals surface area contributed by atoms with Crippen molar-refractivity contribution >= 4 is 5.91 Å². The quantitative estimate of drug-likeness (QED) is 0.753. The number of likely N-dealkylation sites (tertiary alicyclic amines) is 1. The number of piperidine rings is 1. The molecular weight excluding hydrogens is 376 g/mol. The molecule has 1 aromatic carbocycles. The van der Waals surface area contributed by atoms with Crippen molar-refractivity contribution in [1.82, 2.24) is 10.2 Å². The summed E-state index contributed by atoms with van der Waals surface area (Å²) < 4.78 is 12.3. The molecular formula is C25H34N2O3. The van der Waals surface area contributed by atoms with Gasteiger partial charge in [-0.05, 0) is 55.9 Å². The largest absolute Gasteiger partial charge is 0.487 e. The van der Waals surface area contributed by atoms with Crippen LogP contribution in [-0.2, 0) is 11.3 Å². The number of carbonyl (C=O) groups excluding carboxylic acids is 1. The second kappa shape index (κ2) is 8.84. The number of nitrogens with one attached hydrogen (secondary N) is 1. The fourth-order valence-corrected chi connectivity index (χ4v) is 4.76. The fourth-order valence-electron chi connectivity index (χ4n) is 4.76. The lowest BCUT2D eigenvalue weighted by Crippen LogP contribution is -2.50. The molecule has 30 heavy (non-hydrogen) atoms. The van der Waals surface area contributed by atoms with Gasteiger partial charge in [-0.2, -0.15) is 0 Å². The van der Waals surface area contributed by atoms with Crippen LogP contribution in [0.1, 0.15) is 62.5 Å². The zero-order chi connectivity index (χ0) is 21.1. The van der Waals surface area contributed by atoms with Crippen LogP contribution in [-0.4, -0.2) is 36.0 Å². The normalized spacial score (nSPS) is 20.7. The number of fused-ring (bicyclic) bond motifs is 1. The molecule has 2 aliphatic heterocycles. The van der Waals surface area contributed by atoms with Crippen LogP contribution in [0.5, 0.6) is 5.75 Å². The maximum atomic E-state index is 12.6. The van der Waals surface area contributed by atoms with Crippen LogP contribution in [0.3, 0.4) is 0 Å². The highest BCUT2D eigenvalue weighted by atomic mass is 16.5. The van der Waals surface area contributed by atoms with Gasteiger partial charge in [-0.3, -0.25) is 9.69 Å². The van der Waals surface area contributed by atoms with Gasteiger partial charge < -0.3 is 14.5 Å². The first kappa shape index (κ1) is 21.0. The molecule has 5 heteroatoms. The maximum absolute atomic E-state index is 12.6. The molecule has 5 nitrogen and oxygen atoms in total. The average Bonchev–Trinajstić information content (AvgIpc) is 3.13. The number of furan rings is 1. The minimum absolute atomic E-state index is 0.145. The second-order valence-corrected chi connectivity index (χ2v) is 9.41. The molecule has 4 rings (SSSR count). The van der Waals surface area contributed by atoms with Crippen molar-refractivity contribution in [3.63, 3.8) is 0 Å². The molecule has 0 aliphatic carbocycles. The Morgan fingerprint density at radius 1 is 1.20 bits per heavy atom. The van der Waals surface area contributed by atoms with Crippen LogP contribution in [0.2, 0.25) is 0 Å². The minimum Gasteiger partial charge on any atom is -0.487 e. The van der Waals surface area contributed by atoms with Crippen molar-refractivity contribution < 1.29 is 13.9 Å². The summed E-state index contributed by atoms with van der Waals surface area (Å²) >= 11 is 0. The summed E-state index contributed by atoms with van der Waals surface area (Å²) in [5, 5.41) is 3.09. The van der Waals surface area contributed by atoms with E-state index in [1.807, 2.05) is 25.1 Å². The van der Waals surface area contributed by atoms with Gasteiger partial charge in [-0.25, -0.2) is 0 Å². The maximum Gasteiger partial charge on any atom is 0.220 e. The van der Waals surface area contributed by atoms with Crippen molar-refractivity contribution in [1.29, 1.82) is 0 Å². The van der Waals surface area contributed by atoms with Crippen LogP contribution in [0.15, 0.2) is 40.8 Å². The summed E-state index contributed by atoms with van der Waals surface area (Å²) in [5.41, 5.74) is 1.00. The fraction of sp³-hybridized carbons (Fsp3) is 0.560. The van der Waals surface area contributed by atoms with Crippen LogP contribution in [0.4, 0.5) is 0 Å². The second-order valence-electron chi connectivity index (χ2n) is 9.41. The Labute approximate surface area is 179 Å². The monoisotopic (exact) mass is 410 g/mol. The van der Waals surface area contributed by atoms with E-state index in [4.69, 9.17) is 9.15 Å². The molecule has 1 saturated heterocycles. The molecule has 1 fully saturated rings. The van der Waals surface area contributed by atoms with Gasteiger partial charge in [0.25, 0.3) is 0 Å². The zero-order valence-corrected chi connectivity index (χ0v) is 18.4. The molecule has 0 radical (unpaired) electrons. The van der Waals surface area contributed by atoms with E-state index in [0.29, 0.717) is 12.3 Å². The number of carbonyl (C=O) groups is 1. The first-order valence-electron chi connectivity index (χ1n) is 11.2. The standard InChI is InChI=1S/C25H34N2O3/c1-18(2)16-26-24(28)14-20-15-25(30-23-7-5-4-6-22(20)23)10-12-27(13-11-25)17-21-9-8-19(3)29-21/h4-9,18,20H,10-17H2,1-3H3,(H,26,28). The van der Waals surface area contributed by atoms with E-state index in [0.717, 1.165) is 62.7 Å². The van der Waals surface area contributed by atoms with Gasteiger partial charge in [-0.15, -0.1) is 0 Å². The van der Waals surface area contributed by atoms with E-state index in [2.05, 4.69) is 42.3 Å². The Kier molecular flexibility index (Phi) is 6.19. The molecule has 1 N–H and O–H groups in total. The van der Waals surface area contributed by atoms with Crippen LogP contribution < -0.4 is 10.1 Å². The number of para-hydroxylation sites is 1. The summed E-state index contributed by atoms with van der Waals surface area (Å²) in [6.07, 6.45) is 3.40. The van der Waals surface area contributed by atoms with Crippen LogP contribution in [0, 0.1) is 12.8 Å². The summed E-state index contributed by atoms with van der Waals surface area (Å²) in [4.78, 5) is 15.0. The van der Waals surface area contributed by atoms with Crippen LogP contribution in [0.25, 0.3) is 0 Å². The minimum atomic E-state index is -0.174. The smallest absolute Gasteiger partial charge is 0.220 e. The number of aryl methyl sites for hydroxylation is 1. The lowest BCUT2D eigenvalue weighted by atomic mass is 9.76. The van der Waals surface area contributed by atoms with Crippen molar-refractivity contribution in [2.24, 2.45) is 5.92 Å². The molecule has 1 unspecified atom stereocenters. The summed E-state index contributed by atoms with van der Waals surface area (Å²) in [5.74, 6) is 3.76. The van der Waals surface area contributed by atoms with E-state index < -0.39 is 0 Å². The highest BCUT2D eigenvalue weighted by molar-refractivity contribution is 5.77. The molecule has 1 amide bonds. The van der Waals surface area contributed by atoms with E-state index in [-0.39, 0.29) is 17.4 Å². The van der Waals surface area contributed by atoms with E-state index >= 15 is 0 Å². The third-order valence-electron chi connectivity index (χ3n) is 6.39. The average molecular weight is 411 g/mol. The van der Waals surface area contributed by atoms with Gasteiger partial charge in [0.05, 0.1) is 6.54 Å². The molecule has 1 aromatic heterocycles. The van der Waals surface area contributed by atoms with Crippen molar-refractivity contribution in [3.8, 4) is 5.75 Å². The Morgan fingerprint density at radius 2 is 1.97 bits per heavy atom. The molecule has 1 spiro atoms. The number of rotatable bonds is 6. The van der Waals surface area contributed by atoms with E-state index in [1.165, 1.54) is 5.56 Å². The number of benzene rings is 1. The Morgan fingerprint density at radius 3 is 2.67 bits per heavy atom. The molecule has 1 atom stereocenters. The molecule has 162 valence electrons. The van der Waals surface area contributed by atoms with Gasteiger partial charge in [-0.1, -0.05) is 32.0 Å². The van der Waals surface area contributed by atoms with Gasteiger partial charge in [0, 0.05) is 32.0 Å². The summed E-state index contributed by atoms with van der Waals surface area (Å²) in [6, 6.07) is 12.4. The van der Waals surface area contributed by atoms with Crippen molar-refractivity contribution in [2.75, 3.05) is 19.6 Å². The van der Waals surface area contributed by atoms with E-state index in [9.17, 15) is 4.79 Å². The van der Waals surface area contributed by atoms with Gasteiger partial charge in [0.2, 0.25) is 5.91 Å². The lowest BCUT2D eigenvalue weighted by Gasteiger charge is -2.46. The number of hydrogen-bond acceptors (Lipinski definition) is 4. The topological polar surface area (TPSA) is 54.7 Å². The summed E-state index contributed by atoms with van der Waals surface area (Å²) in [6.45, 7) is 9.77. The Balaban J connectivity index is 1.42. The highest BCUT2D eigenvalue weighted by Crippen LogP contribution is 2.46. The number of ether oxygens (including phenoxy) is 1. The first-order chi connectivity index (χ1) is 14.4. The van der Waals surface area contributed by atoms with Gasteiger partial charge >= 0.3 is 0 Å².